The minimum atomic E-state index is -3.09. The highest BCUT2D eigenvalue weighted by Gasteiger charge is 2.38. The van der Waals surface area contributed by atoms with Gasteiger partial charge in [0.15, 0.2) is 29.3 Å². The number of nitrogens with zero attached hydrogens (tertiary/aromatic N) is 2. The second-order valence-electron chi connectivity index (χ2n) is 10.4. The average Bonchev–Trinajstić information content (AvgIpc) is 3.69. The van der Waals surface area contributed by atoms with Gasteiger partial charge < -0.3 is 30.1 Å². The van der Waals surface area contributed by atoms with Crippen molar-refractivity contribution in [2.24, 2.45) is 11.7 Å². The average molecular weight is 683 g/mol. The van der Waals surface area contributed by atoms with Crippen LogP contribution in [0.4, 0.5) is 8.78 Å². The van der Waals surface area contributed by atoms with Gasteiger partial charge in [-0.3, -0.25) is 9.59 Å². The maximum Gasteiger partial charge on any atom is 0.387 e. The number of hydrogen-bond donors (Lipinski definition) is 1. The van der Waals surface area contributed by atoms with E-state index in [-0.39, 0.29) is 45.6 Å². The van der Waals surface area contributed by atoms with Crippen molar-refractivity contribution in [1.82, 2.24) is 4.90 Å². The van der Waals surface area contributed by atoms with Gasteiger partial charge in [0.05, 0.1) is 6.61 Å². The van der Waals surface area contributed by atoms with Crippen LogP contribution < -0.4 is 19.9 Å². The van der Waals surface area contributed by atoms with Gasteiger partial charge in [-0.1, -0.05) is 29.3 Å². The molecule has 5 rings (SSSR count). The molecule has 0 unspecified atom stereocenters. The number of amides is 2. The molecule has 2 aromatic carbocycles. The Hall–Kier alpha value is -3.81. The minimum absolute atomic E-state index is 0.0212. The molecular weight excluding hydrogens is 655 g/mol. The molecule has 0 bridgehead atoms. The number of esters is 1. The van der Waals surface area contributed by atoms with Gasteiger partial charge in [-0.05, 0) is 60.7 Å². The Balaban J connectivity index is 1.43. The molecule has 2 heterocycles. The van der Waals surface area contributed by atoms with Crippen LogP contribution in [0.2, 0.25) is 10.0 Å². The SMILES string of the molecule is NC(=O)c1ccc(C(=O)N2CCS[C@H]2C(=O)O[C@@H](Cc2c(Cl)c[n+]([O-])cc2Cl)c2ccc(OC(F)F)c(OCC3CC3)c2)cc1. The fraction of sp³-hybridized carbons (Fsp3) is 0.333. The molecule has 1 aliphatic carbocycles. The largest absolute Gasteiger partial charge is 0.619 e. The van der Waals surface area contributed by atoms with E-state index in [4.69, 9.17) is 38.4 Å². The lowest BCUT2D eigenvalue weighted by Crippen LogP contribution is -2.40. The number of carbonyl (C=O) groups is 3. The molecule has 10 nitrogen and oxygen atoms in total. The molecule has 2 N–H and O–H groups in total. The van der Waals surface area contributed by atoms with Crippen molar-refractivity contribution in [3.05, 3.63) is 92.4 Å². The lowest BCUT2D eigenvalue weighted by Gasteiger charge is -2.26. The summed E-state index contributed by atoms with van der Waals surface area (Å²) in [4.78, 5) is 39.8. The summed E-state index contributed by atoms with van der Waals surface area (Å²) in [6.45, 7) is -2.54. The zero-order valence-electron chi connectivity index (χ0n) is 23.5. The number of primary amides is 1. The van der Waals surface area contributed by atoms with Crippen LogP contribution in [0, 0.1) is 11.1 Å². The molecular formula is C30H27Cl2F2N3O7S. The van der Waals surface area contributed by atoms with E-state index in [1.54, 1.807) is 0 Å². The van der Waals surface area contributed by atoms with Gasteiger partial charge in [-0.2, -0.15) is 13.5 Å². The molecule has 238 valence electrons. The van der Waals surface area contributed by atoms with E-state index in [0.717, 1.165) is 25.2 Å². The fourth-order valence-corrected chi connectivity index (χ4v) is 6.37. The Bertz CT molecular complexity index is 1570. The van der Waals surface area contributed by atoms with E-state index in [0.29, 0.717) is 34.1 Å². The standard InChI is InChI=1S/C30H27Cl2F2N3O7S/c31-21-13-36(41)14-22(32)20(21)12-24(19-7-8-23(44-30(33)34)25(11-19)42-15-16-1-2-16)43-29(40)28-37(9-10-45-28)27(39)18-5-3-17(4-6-18)26(35)38/h3-8,11,13-14,16,24,28,30H,1-2,9-10,12,15H2,(H2,35,38)/t24-,28-/m0/s1. The van der Waals surface area contributed by atoms with Crippen LogP contribution in [-0.2, 0) is 16.0 Å². The number of thioether (sulfide) groups is 1. The molecule has 1 saturated carbocycles. The number of hydrogen-bond acceptors (Lipinski definition) is 8. The number of halogens is 4. The third kappa shape index (κ3) is 8.08. The van der Waals surface area contributed by atoms with E-state index in [9.17, 15) is 28.4 Å². The molecule has 2 aliphatic rings. The quantitative estimate of drug-likeness (QED) is 0.157. The van der Waals surface area contributed by atoms with Gasteiger partial charge in [0, 0.05) is 35.4 Å². The number of aromatic nitrogens is 1. The highest BCUT2D eigenvalue weighted by Crippen LogP contribution is 2.38. The van der Waals surface area contributed by atoms with Crippen molar-refractivity contribution in [2.45, 2.75) is 37.4 Å². The van der Waals surface area contributed by atoms with Crippen LogP contribution in [0.15, 0.2) is 54.9 Å². The van der Waals surface area contributed by atoms with Gasteiger partial charge in [-0.15, -0.1) is 11.8 Å². The molecule has 1 saturated heterocycles. The molecule has 15 heteroatoms. The number of alkyl halides is 2. The normalized spacial score (nSPS) is 16.8. The molecule has 3 aromatic rings. The Labute approximate surface area is 270 Å². The first-order valence-electron chi connectivity index (χ1n) is 13.8. The zero-order valence-corrected chi connectivity index (χ0v) is 25.8. The molecule has 1 aliphatic heterocycles. The Morgan fingerprint density at radius 3 is 2.33 bits per heavy atom. The highest BCUT2D eigenvalue weighted by molar-refractivity contribution is 8.00. The van der Waals surface area contributed by atoms with Crippen LogP contribution >= 0.6 is 35.0 Å². The van der Waals surface area contributed by atoms with E-state index in [1.807, 2.05) is 0 Å². The van der Waals surface area contributed by atoms with E-state index in [1.165, 1.54) is 59.1 Å². The fourth-order valence-electron chi connectivity index (χ4n) is 4.68. The van der Waals surface area contributed by atoms with Crippen molar-refractivity contribution < 1.29 is 42.1 Å². The first-order chi connectivity index (χ1) is 21.5. The summed E-state index contributed by atoms with van der Waals surface area (Å²) in [7, 11) is 0. The van der Waals surface area contributed by atoms with Crippen LogP contribution in [0.25, 0.3) is 0 Å². The molecule has 45 heavy (non-hydrogen) atoms. The summed E-state index contributed by atoms with van der Waals surface area (Å²) in [5.74, 6) is -1.24. The van der Waals surface area contributed by atoms with Crippen molar-refractivity contribution >= 4 is 52.7 Å². The number of benzene rings is 2. The van der Waals surface area contributed by atoms with Crippen LogP contribution in [0.3, 0.4) is 0 Å². The Morgan fingerprint density at radius 2 is 1.71 bits per heavy atom. The summed E-state index contributed by atoms with van der Waals surface area (Å²) in [6, 6.07) is 9.93. The second-order valence-corrected chi connectivity index (χ2v) is 12.4. The summed E-state index contributed by atoms with van der Waals surface area (Å²) in [6.07, 6.45) is 2.93. The van der Waals surface area contributed by atoms with Gasteiger partial charge in [0.2, 0.25) is 5.91 Å². The minimum Gasteiger partial charge on any atom is -0.619 e. The lowest BCUT2D eigenvalue weighted by atomic mass is 10.0. The van der Waals surface area contributed by atoms with Crippen LogP contribution in [0.5, 0.6) is 11.5 Å². The molecule has 2 amide bonds. The van der Waals surface area contributed by atoms with Crippen molar-refractivity contribution in [3.8, 4) is 11.5 Å². The maximum atomic E-state index is 13.7. The van der Waals surface area contributed by atoms with E-state index in [2.05, 4.69) is 4.74 Å². The second kappa shape index (κ2) is 14.1. The van der Waals surface area contributed by atoms with Crippen LogP contribution in [0.1, 0.15) is 50.8 Å². The van der Waals surface area contributed by atoms with Gasteiger partial charge in [0.1, 0.15) is 16.1 Å². The van der Waals surface area contributed by atoms with Crippen molar-refractivity contribution in [2.75, 3.05) is 18.9 Å². The lowest BCUT2D eigenvalue weighted by molar-refractivity contribution is -0.605. The van der Waals surface area contributed by atoms with Crippen LogP contribution in [-0.4, -0.2) is 53.6 Å². The highest BCUT2D eigenvalue weighted by atomic mass is 35.5. The number of rotatable bonds is 12. The molecule has 0 radical (unpaired) electrons. The zero-order chi connectivity index (χ0) is 32.2. The van der Waals surface area contributed by atoms with E-state index < -0.39 is 35.9 Å². The predicted molar refractivity (Wildman–Crippen MR) is 161 cm³/mol. The Kier molecular flexibility index (Phi) is 10.2. The Morgan fingerprint density at radius 1 is 1.04 bits per heavy atom. The monoisotopic (exact) mass is 681 g/mol. The predicted octanol–water partition coefficient (Wildman–Crippen LogP) is 5.16. The first kappa shape index (κ1) is 32.6. The third-order valence-electron chi connectivity index (χ3n) is 7.20. The third-order valence-corrected chi connectivity index (χ3v) is 9.03. The van der Waals surface area contributed by atoms with Gasteiger partial charge >= 0.3 is 12.6 Å². The number of nitrogens with two attached hydrogens (primary N) is 1. The number of carbonyl (C=O) groups excluding carboxylic acids is 3. The number of pyridine rings is 1. The van der Waals surface area contributed by atoms with Crippen molar-refractivity contribution in [3.63, 3.8) is 0 Å². The maximum absolute atomic E-state index is 13.7. The number of ether oxygens (including phenoxy) is 3. The summed E-state index contributed by atoms with van der Waals surface area (Å²) < 4.78 is 43.2. The van der Waals surface area contributed by atoms with Gasteiger partial charge in [-0.25, -0.2) is 4.79 Å². The summed E-state index contributed by atoms with van der Waals surface area (Å²) >= 11 is 13.9. The molecule has 0 spiro atoms. The molecule has 1 aromatic heterocycles. The smallest absolute Gasteiger partial charge is 0.387 e. The first-order valence-corrected chi connectivity index (χ1v) is 15.6. The van der Waals surface area contributed by atoms with Crippen molar-refractivity contribution in [1.29, 1.82) is 0 Å². The molecule has 2 atom stereocenters. The topological polar surface area (TPSA) is 135 Å². The van der Waals surface area contributed by atoms with Gasteiger partial charge in [0.25, 0.3) is 5.91 Å². The summed E-state index contributed by atoms with van der Waals surface area (Å²) in [5, 5.41) is 10.9. The van der Waals surface area contributed by atoms with E-state index >= 15 is 0 Å². The summed E-state index contributed by atoms with van der Waals surface area (Å²) in [5.41, 5.74) is 6.42. The molecule has 2 fully saturated rings.